The van der Waals surface area contributed by atoms with E-state index in [-0.39, 0.29) is 24.8 Å². The molecule has 3 N–H and O–H groups in total. The molecule has 2 atom stereocenters. The Morgan fingerprint density at radius 3 is 2.67 bits per heavy atom. The fraction of sp³-hybridized carbons (Fsp3) is 0.471. The van der Waals surface area contributed by atoms with Crippen LogP contribution in [0.2, 0.25) is 0 Å². The largest absolute Gasteiger partial charge is 0.469 e. The first-order chi connectivity index (χ1) is 11.5. The van der Waals surface area contributed by atoms with Crippen molar-refractivity contribution in [3.63, 3.8) is 0 Å². The highest BCUT2D eigenvalue weighted by atomic mass is 16.5. The van der Waals surface area contributed by atoms with E-state index in [1.54, 1.807) is 0 Å². The van der Waals surface area contributed by atoms with E-state index in [4.69, 9.17) is 0 Å². The number of aryl methyl sites for hydroxylation is 1. The lowest BCUT2D eigenvalue weighted by Crippen LogP contribution is -3.20. The maximum atomic E-state index is 12.3. The van der Waals surface area contributed by atoms with Crippen LogP contribution in [-0.2, 0) is 25.5 Å². The summed E-state index contributed by atoms with van der Waals surface area (Å²) in [4.78, 5) is 36.5. The number of anilines is 1. The molecule has 2 rings (SSSR count). The van der Waals surface area contributed by atoms with Crippen molar-refractivity contribution in [2.45, 2.75) is 25.8 Å². The van der Waals surface area contributed by atoms with Crippen LogP contribution in [0.25, 0.3) is 0 Å². The number of amides is 2. The minimum Gasteiger partial charge on any atom is -0.469 e. The van der Waals surface area contributed by atoms with Crippen molar-refractivity contribution in [2.24, 2.45) is 0 Å². The molecular weight excluding hydrogens is 310 g/mol. The Bertz CT molecular complexity index is 600. The molecule has 1 unspecified atom stereocenters. The van der Waals surface area contributed by atoms with Gasteiger partial charge in [-0.15, -0.1) is 0 Å². The monoisotopic (exact) mass is 334 g/mol. The third-order valence-corrected chi connectivity index (χ3v) is 4.19. The fourth-order valence-electron chi connectivity index (χ4n) is 2.76. The van der Waals surface area contributed by atoms with Gasteiger partial charge in [-0.05, 0) is 24.1 Å². The number of hydrogen-bond acceptors (Lipinski definition) is 4. The van der Waals surface area contributed by atoms with Gasteiger partial charge in [0.15, 0.2) is 12.6 Å². The second-order valence-corrected chi connectivity index (χ2v) is 5.81. The van der Waals surface area contributed by atoms with Gasteiger partial charge >= 0.3 is 5.97 Å². The summed E-state index contributed by atoms with van der Waals surface area (Å²) in [5, 5.41) is 5.56. The number of hydrogen-bond donors (Lipinski definition) is 3. The second-order valence-electron chi connectivity index (χ2n) is 5.81. The number of esters is 1. The molecule has 0 bridgehead atoms. The molecule has 1 aliphatic rings. The predicted molar refractivity (Wildman–Crippen MR) is 88.6 cm³/mol. The van der Waals surface area contributed by atoms with Crippen molar-refractivity contribution < 1.29 is 24.0 Å². The molecular formula is C17H24N3O4+. The molecule has 0 spiro atoms. The second kappa shape index (κ2) is 8.44. The van der Waals surface area contributed by atoms with Gasteiger partial charge in [-0.25, -0.2) is 0 Å². The number of nitrogens with one attached hydrogen (secondary N) is 3. The third kappa shape index (κ3) is 4.79. The highest BCUT2D eigenvalue weighted by molar-refractivity contribution is 5.92. The molecule has 1 saturated heterocycles. The maximum absolute atomic E-state index is 12.3. The van der Waals surface area contributed by atoms with Gasteiger partial charge in [0.05, 0.1) is 20.2 Å². The molecule has 1 aromatic rings. The van der Waals surface area contributed by atoms with Crippen LogP contribution < -0.4 is 15.5 Å². The van der Waals surface area contributed by atoms with Crippen LogP contribution >= 0.6 is 0 Å². The van der Waals surface area contributed by atoms with Crippen LogP contribution in [0, 0.1) is 0 Å². The maximum Gasteiger partial charge on any atom is 0.312 e. The molecule has 0 aliphatic carbocycles. The Hall–Kier alpha value is -2.41. The average molecular weight is 334 g/mol. The van der Waals surface area contributed by atoms with Crippen molar-refractivity contribution in [3.8, 4) is 0 Å². The first-order valence-corrected chi connectivity index (χ1v) is 8.11. The van der Waals surface area contributed by atoms with Gasteiger partial charge in [-0.2, -0.15) is 0 Å². The van der Waals surface area contributed by atoms with E-state index in [0.29, 0.717) is 13.1 Å². The van der Waals surface area contributed by atoms with E-state index >= 15 is 0 Å². The van der Waals surface area contributed by atoms with E-state index in [1.165, 1.54) is 12.7 Å². The summed E-state index contributed by atoms with van der Waals surface area (Å²) in [6, 6.07) is 7.06. The van der Waals surface area contributed by atoms with Crippen LogP contribution in [0.1, 0.15) is 18.9 Å². The van der Waals surface area contributed by atoms with Gasteiger partial charge in [0.2, 0.25) is 0 Å². The number of carbonyl (C=O) groups is 3. The smallest absolute Gasteiger partial charge is 0.312 e. The number of ether oxygens (including phenoxy) is 1. The molecule has 24 heavy (non-hydrogen) atoms. The van der Waals surface area contributed by atoms with E-state index in [1.807, 2.05) is 24.3 Å². The number of rotatable bonds is 6. The summed E-state index contributed by atoms with van der Waals surface area (Å²) in [7, 11) is 1.29. The van der Waals surface area contributed by atoms with Crippen LogP contribution in [0.4, 0.5) is 5.69 Å². The molecule has 1 aromatic carbocycles. The van der Waals surface area contributed by atoms with E-state index in [0.717, 1.165) is 17.0 Å². The molecule has 0 aromatic heterocycles. The Labute approximate surface area is 141 Å². The van der Waals surface area contributed by atoms with E-state index in [2.05, 4.69) is 22.3 Å². The van der Waals surface area contributed by atoms with Crippen molar-refractivity contribution in [2.75, 3.05) is 32.1 Å². The van der Waals surface area contributed by atoms with Crippen LogP contribution in [0.5, 0.6) is 0 Å². The van der Waals surface area contributed by atoms with Crippen molar-refractivity contribution in [3.05, 3.63) is 29.8 Å². The minimum absolute atomic E-state index is 0.0316. The molecule has 7 heteroatoms. The topological polar surface area (TPSA) is 88.9 Å². The lowest BCUT2D eigenvalue weighted by Gasteiger charge is -2.30. The standard InChI is InChI=1S/C17H23N3O4/c1-3-12-4-6-13(7-5-12)19-15(21)11-20-9-8-18-17(23)14(20)10-16(22)24-2/h4-7,14H,3,8-11H2,1-2H3,(H,18,23)(H,19,21)/p+1/t14-/m0/s1. The molecule has 2 amide bonds. The number of carbonyl (C=O) groups excluding carboxylic acids is 3. The molecule has 1 heterocycles. The zero-order valence-corrected chi connectivity index (χ0v) is 14.1. The van der Waals surface area contributed by atoms with E-state index < -0.39 is 12.0 Å². The third-order valence-electron chi connectivity index (χ3n) is 4.19. The zero-order chi connectivity index (χ0) is 17.5. The lowest BCUT2D eigenvalue weighted by molar-refractivity contribution is -0.909. The van der Waals surface area contributed by atoms with Gasteiger partial charge < -0.3 is 20.3 Å². The van der Waals surface area contributed by atoms with Crippen molar-refractivity contribution in [1.82, 2.24) is 5.32 Å². The summed E-state index contributed by atoms with van der Waals surface area (Å²) < 4.78 is 4.64. The molecule has 0 saturated carbocycles. The van der Waals surface area contributed by atoms with Gasteiger partial charge in [0, 0.05) is 5.69 Å². The Balaban J connectivity index is 1.96. The number of quaternary nitrogens is 1. The molecule has 7 nitrogen and oxygen atoms in total. The van der Waals surface area contributed by atoms with Crippen molar-refractivity contribution >= 4 is 23.5 Å². The van der Waals surface area contributed by atoms with Crippen LogP contribution in [-0.4, -0.2) is 50.6 Å². The fourth-order valence-corrected chi connectivity index (χ4v) is 2.76. The minimum atomic E-state index is -0.598. The summed E-state index contributed by atoms with van der Waals surface area (Å²) in [6.07, 6.45) is 0.909. The lowest BCUT2D eigenvalue weighted by atomic mass is 10.1. The zero-order valence-electron chi connectivity index (χ0n) is 14.1. The summed E-state index contributed by atoms with van der Waals surface area (Å²) >= 11 is 0. The predicted octanol–water partition coefficient (Wildman–Crippen LogP) is -0.866. The Morgan fingerprint density at radius 1 is 1.33 bits per heavy atom. The average Bonchev–Trinajstić information content (AvgIpc) is 2.58. The van der Waals surface area contributed by atoms with Crippen LogP contribution in [0.15, 0.2) is 24.3 Å². The SMILES string of the molecule is CCc1ccc(NC(=O)C[NH+]2CCNC(=O)[C@@H]2CC(=O)OC)cc1. The first kappa shape index (κ1) is 17.9. The van der Waals surface area contributed by atoms with E-state index in [9.17, 15) is 14.4 Å². The van der Waals surface area contributed by atoms with Gasteiger partial charge in [-0.1, -0.05) is 19.1 Å². The summed E-state index contributed by atoms with van der Waals surface area (Å²) in [5.41, 5.74) is 1.92. The molecule has 0 radical (unpaired) electrons. The number of methoxy groups -OCH3 is 1. The van der Waals surface area contributed by atoms with Gasteiger partial charge in [0.25, 0.3) is 11.8 Å². The summed E-state index contributed by atoms with van der Waals surface area (Å²) in [6.45, 7) is 3.28. The molecule has 130 valence electrons. The highest BCUT2D eigenvalue weighted by Gasteiger charge is 2.36. The van der Waals surface area contributed by atoms with Crippen molar-refractivity contribution in [1.29, 1.82) is 0 Å². The van der Waals surface area contributed by atoms with Gasteiger partial charge in [-0.3, -0.25) is 14.4 Å². The summed E-state index contributed by atoms with van der Waals surface area (Å²) in [5.74, 6) is -0.856. The molecule has 1 aliphatic heterocycles. The quantitative estimate of drug-likeness (QED) is 0.590. The molecule has 1 fully saturated rings. The Kier molecular flexibility index (Phi) is 6.31. The number of piperazine rings is 1. The van der Waals surface area contributed by atoms with Crippen LogP contribution in [0.3, 0.4) is 0 Å². The number of benzene rings is 1. The normalized spacial score (nSPS) is 20.2. The van der Waals surface area contributed by atoms with Gasteiger partial charge in [0.1, 0.15) is 6.42 Å². The highest BCUT2D eigenvalue weighted by Crippen LogP contribution is 2.09. The first-order valence-electron chi connectivity index (χ1n) is 8.11. The Morgan fingerprint density at radius 2 is 2.04 bits per heavy atom.